The SMILES string of the molecule is CC(=O)Nc1ccc2c(CSc3nnc(NCC(F)(F)F)s3)cc(=O)oc2c1. The molecule has 3 rings (SSSR count). The van der Waals surface area contributed by atoms with Gasteiger partial charge in [-0.15, -0.1) is 10.2 Å². The Morgan fingerprint density at radius 1 is 1.29 bits per heavy atom. The van der Waals surface area contributed by atoms with Crippen LogP contribution in [0.5, 0.6) is 0 Å². The highest BCUT2D eigenvalue weighted by Crippen LogP contribution is 2.31. The maximum absolute atomic E-state index is 12.2. The van der Waals surface area contributed by atoms with Crippen molar-refractivity contribution in [3.63, 3.8) is 0 Å². The molecule has 2 heterocycles. The number of carbonyl (C=O) groups excluding carboxylic acids is 1. The van der Waals surface area contributed by atoms with Gasteiger partial charge in [-0.1, -0.05) is 23.1 Å². The van der Waals surface area contributed by atoms with Gasteiger partial charge < -0.3 is 15.1 Å². The summed E-state index contributed by atoms with van der Waals surface area (Å²) in [6.45, 7) is 0.181. The van der Waals surface area contributed by atoms with E-state index in [1.165, 1.54) is 24.8 Å². The number of fused-ring (bicyclic) bond motifs is 1. The Morgan fingerprint density at radius 2 is 2.07 bits per heavy atom. The smallest absolute Gasteiger partial charge is 0.405 e. The van der Waals surface area contributed by atoms with Crippen LogP contribution < -0.4 is 16.3 Å². The highest BCUT2D eigenvalue weighted by molar-refractivity contribution is 8.00. The minimum atomic E-state index is -4.34. The Kier molecular flexibility index (Phi) is 5.89. The van der Waals surface area contributed by atoms with E-state index >= 15 is 0 Å². The molecule has 3 aromatic rings. The molecule has 2 N–H and O–H groups in total. The molecule has 0 unspecified atom stereocenters. The first kappa shape index (κ1) is 20.1. The number of anilines is 2. The second kappa shape index (κ2) is 8.19. The number of thioether (sulfide) groups is 1. The standard InChI is InChI=1S/C16H13F3N4O3S2/c1-8(24)21-10-2-3-11-9(4-13(25)26-12(11)5-10)6-27-15-23-22-14(28-15)20-7-16(17,18)19/h2-5H,6-7H2,1H3,(H,20,22)(H,21,24). The summed E-state index contributed by atoms with van der Waals surface area (Å²) < 4.78 is 42.3. The molecular formula is C16H13F3N4O3S2. The zero-order valence-corrected chi connectivity index (χ0v) is 15.9. The number of hydrogen-bond donors (Lipinski definition) is 2. The number of amides is 1. The average Bonchev–Trinajstić information content (AvgIpc) is 3.04. The summed E-state index contributed by atoms with van der Waals surface area (Å²) in [5, 5.41) is 13.0. The van der Waals surface area contributed by atoms with E-state index in [0.29, 0.717) is 32.3 Å². The van der Waals surface area contributed by atoms with Crippen LogP contribution in [0.2, 0.25) is 0 Å². The zero-order valence-electron chi connectivity index (χ0n) is 14.3. The maximum Gasteiger partial charge on any atom is 0.405 e. The van der Waals surface area contributed by atoms with Crippen LogP contribution in [0.3, 0.4) is 0 Å². The summed E-state index contributed by atoms with van der Waals surface area (Å²) in [7, 11) is 0. The van der Waals surface area contributed by atoms with Crippen molar-refractivity contribution in [3.8, 4) is 0 Å². The Morgan fingerprint density at radius 3 is 2.79 bits per heavy atom. The highest BCUT2D eigenvalue weighted by atomic mass is 32.2. The first-order chi connectivity index (χ1) is 13.2. The van der Waals surface area contributed by atoms with Crippen molar-refractivity contribution < 1.29 is 22.4 Å². The van der Waals surface area contributed by atoms with E-state index in [1.807, 2.05) is 0 Å². The van der Waals surface area contributed by atoms with Crippen LogP contribution in [0.15, 0.2) is 37.8 Å². The van der Waals surface area contributed by atoms with Crippen molar-refractivity contribution in [2.24, 2.45) is 0 Å². The molecule has 0 aliphatic heterocycles. The Bertz CT molecular complexity index is 1070. The Labute approximate surface area is 164 Å². The summed E-state index contributed by atoms with van der Waals surface area (Å²) in [6.07, 6.45) is -4.34. The number of alkyl halides is 3. The lowest BCUT2D eigenvalue weighted by Crippen LogP contribution is -2.21. The number of rotatable bonds is 6. The van der Waals surface area contributed by atoms with E-state index in [-0.39, 0.29) is 11.0 Å². The monoisotopic (exact) mass is 430 g/mol. The number of halogens is 3. The van der Waals surface area contributed by atoms with E-state index in [0.717, 1.165) is 11.3 Å². The maximum atomic E-state index is 12.2. The first-order valence-corrected chi connectivity index (χ1v) is 9.61. The number of hydrogen-bond acceptors (Lipinski definition) is 8. The van der Waals surface area contributed by atoms with Crippen molar-refractivity contribution in [2.75, 3.05) is 17.2 Å². The quantitative estimate of drug-likeness (QED) is 0.453. The van der Waals surface area contributed by atoms with Crippen molar-refractivity contribution in [2.45, 2.75) is 23.2 Å². The van der Waals surface area contributed by atoms with Gasteiger partial charge in [-0.05, 0) is 17.7 Å². The molecule has 0 aliphatic rings. The normalized spacial score (nSPS) is 11.6. The number of nitrogens with one attached hydrogen (secondary N) is 2. The second-order valence-electron chi connectivity index (χ2n) is 5.61. The predicted molar refractivity (Wildman–Crippen MR) is 101 cm³/mol. The van der Waals surface area contributed by atoms with E-state index in [9.17, 15) is 22.8 Å². The third-order valence-corrected chi connectivity index (χ3v) is 5.41. The van der Waals surface area contributed by atoms with Gasteiger partial charge in [0.1, 0.15) is 12.1 Å². The molecule has 7 nitrogen and oxygen atoms in total. The molecule has 1 amide bonds. The van der Waals surface area contributed by atoms with E-state index in [4.69, 9.17) is 4.42 Å². The van der Waals surface area contributed by atoms with Crippen LogP contribution in [0.4, 0.5) is 24.0 Å². The molecule has 12 heteroatoms. The molecule has 2 aromatic heterocycles. The molecule has 0 spiro atoms. The van der Waals surface area contributed by atoms with Crippen LogP contribution >= 0.6 is 23.1 Å². The van der Waals surface area contributed by atoms with Gasteiger partial charge >= 0.3 is 11.8 Å². The molecule has 28 heavy (non-hydrogen) atoms. The van der Waals surface area contributed by atoms with Crippen molar-refractivity contribution >= 4 is 50.8 Å². The lowest BCUT2D eigenvalue weighted by molar-refractivity contribution is -0.115. The van der Waals surface area contributed by atoms with Gasteiger partial charge in [0, 0.05) is 35.9 Å². The molecule has 0 fully saturated rings. The second-order valence-corrected chi connectivity index (χ2v) is 7.81. The van der Waals surface area contributed by atoms with Crippen LogP contribution in [-0.2, 0) is 10.5 Å². The van der Waals surface area contributed by atoms with Crippen molar-refractivity contribution in [1.29, 1.82) is 0 Å². The fourth-order valence-electron chi connectivity index (χ4n) is 2.29. The predicted octanol–water partition coefficient (Wildman–Crippen LogP) is 3.87. The van der Waals surface area contributed by atoms with Gasteiger partial charge in [-0.2, -0.15) is 13.2 Å². The molecule has 0 saturated carbocycles. The number of carbonyl (C=O) groups is 1. The Hall–Kier alpha value is -2.60. The van der Waals surface area contributed by atoms with Crippen LogP contribution in [0.25, 0.3) is 11.0 Å². The lowest BCUT2D eigenvalue weighted by Gasteiger charge is -2.07. The van der Waals surface area contributed by atoms with Gasteiger partial charge in [0.25, 0.3) is 0 Å². The number of aromatic nitrogens is 2. The lowest BCUT2D eigenvalue weighted by atomic mass is 10.1. The van der Waals surface area contributed by atoms with Gasteiger partial charge in [-0.3, -0.25) is 4.79 Å². The van der Waals surface area contributed by atoms with Gasteiger partial charge in [0.2, 0.25) is 11.0 Å². The minimum absolute atomic E-state index is 0.0669. The van der Waals surface area contributed by atoms with Crippen LogP contribution in [0, 0.1) is 0 Å². The van der Waals surface area contributed by atoms with Crippen LogP contribution in [-0.4, -0.2) is 28.8 Å². The third kappa shape index (κ3) is 5.45. The van der Waals surface area contributed by atoms with Crippen molar-refractivity contribution in [1.82, 2.24) is 10.2 Å². The average molecular weight is 430 g/mol. The summed E-state index contributed by atoms with van der Waals surface area (Å²) in [5.41, 5.74) is 0.940. The van der Waals surface area contributed by atoms with Crippen LogP contribution in [0.1, 0.15) is 12.5 Å². The van der Waals surface area contributed by atoms with Gasteiger partial charge in [0.05, 0.1) is 0 Å². The van der Waals surface area contributed by atoms with E-state index in [1.54, 1.807) is 18.2 Å². The molecule has 0 saturated heterocycles. The molecule has 148 valence electrons. The zero-order chi connectivity index (χ0) is 20.3. The summed E-state index contributed by atoms with van der Waals surface area (Å²) >= 11 is 2.23. The Balaban J connectivity index is 1.74. The largest absolute Gasteiger partial charge is 0.423 e. The first-order valence-electron chi connectivity index (χ1n) is 7.81. The topological polar surface area (TPSA) is 97.1 Å². The molecule has 0 bridgehead atoms. The van der Waals surface area contributed by atoms with E-state index in [2.05, 4.69) is 20.8 Å². The number of nitrogens with zero attached hydrogens (tertiary/aromatic N) is 2. The highest BCUT2D eigenvalue weighted by Gasteiger charge is 2.27. The molecule has 0 radical (unpaired) electrons. The fourth-order valence-corrected chi connectivity index (χ4v) is 4.02. The molecular weight excluding hydrogens is 417 g/mol. The molecule has 1 aromatic carbocycles. The molecule has 0 atom stereocenters. The fraction of sp³-hybridized carbons (Fsp3) is 0.250. The van der Waals surface area contributed by atoms with Gasteiger partial charge in [-0.25, -0.2) is 4.79 Å². The van der Waals surface area contributed by atoms with Gasteiger partial charge in [0.15, 0.2) is 4.34 Å². The minimum Gasteiger partial charge on any atom is -0.423 e. The number of benzene rings is 1. The summed E-state index contributed by atoms with van der Waals surface area (Å²) in [4.78, 5) is 23.0. The summed E-state index contributed by atoms with van der Waals surface area (Å²) in [5.74, 6) is 0.0924. The third-order valence-electron chi connectivity index (χ3n) is 3.35. The summed E-state index contributed by atoms with van der Waals surface area (Å²) in [6, 6.07) is 6.30. The van der Waals surface area contributed by atoms with E-state index < -0.39 is 18.3 Å². The molecule has 0 aliphatic carbocycles. The van der Waals surface area contributed by atoms with Crippen molar-refractivity contribution in [3.05, 3.63) is 40.2 Å².